The molecule has 0 fully saturated rings. The van der Waals surface area contributed by atoms with Crippen LogP contribution in [0.1, 0.15) is 35.4 Å². The number of rotatable bonds is 3. The van der Waals surface area contributed by atoms with Gasteiger partial charge in [-0.05, 0) is 60.2 Å². The van der Waals surface area contributed by atoms with Gasteiger partial charge in [-0.3, -0.25) is 0 Å². The van der Waals surface area contributed by atoms with E-state index in [0.29, 0.717) is 0 Å². The van der Waals surface area contributed by atoms with Gasteiger partial charge in [-0.1, -0.05) is 28.1 Å². The predicted octanol–water partition coefficient (Wildman–Crippen LogP) is 5.84. The third kappa shape index (κ3) is 3.27. The van der Waals surface area contributed by atoms with E-state index in [1.54, 1.807) is 19.2 Å². The van der Waals surface area contributed by atoms with Crippen molar-refractivity contribution >= 4 is 21.6 Å². The molecule has 3 aromatic carbocycles. The lowest BCUT2D eigenvalue weighted by Gasteiger charge is -2.38. The number of benzene rings is 3. The first-order valence-electron chi connectivity index (χ1n) is 9.34. The molecule has 6 heteroatoms. The first-order valence-corrected chi connectivity index (χ1v) is 10.1. The van der Waals surface area contributed by atoms with E-state index in [-0.39, 0.29) is 18.1 Å². The molecule has 0 aromatic heterocycles. The van der Waals surface area contributed by atoms with Crippen molar-refractivity contribution in [3.05, 3.63) is 93.7 Å². The molecule has 0 amide bonds. The molecule has 2 heterocycles. The third-order valence-corrected chi connectivity index (χ3v) is 5.82. The van der Waals surface area contributed by atoms with Gasteiger partial charge in [-0.2, -0.15) is 5.10 Å². The fraction of sp³-hybridized carbons (Fsp3) is 0.174. The van der Waals surface area contributed by atoms with E-state index in [1.807, 2.05) is 41.4 Å². The molecule has 4 nitrogen and oxygen atoms in total. The molecular weight excluding hydrogens is 435 g/mol. The minimum Gasteiger partial charge on any atom is -0.497 e. The maximum atomic E-state index is 13.4. The molecule has 0 unspecified atom stereocenters. The van der Waals surface area contributed by atoms with Crippen LogP contribution in [-0.2, 0) is 0 Å². The summed E-state index contributed by atoms with van der Waals surface area (Å²) in [5.41, 5.74) is 3.93. The largest absolute Gasteiger partial charge is 0.497 e. The topological polar surface area (TPSA) is 34.1 Å². The summed E-state index contributed by atoms with van der Waals surface area (Å²) in [5.74, 6) is 1.40. The van der Waals surface area contributed by atoms with Crippen molar-refractivity contribution in [1.29, 1.82) is 0 Å². The van der Waals surface area contributed by atoms with Crippen molar-refractivity contribution in [2.24, 2.45) is 5.10 Å². The van der Waals surface area contributed by atoms with Gasteiger partial charge in [0.2, 0.25) is 6.23 Å². The summed E-state index contributed by atoms with van der Waals surface area (Å²) >= 11 is 3.56. The van der Waals surface area contributed by atoms with E-state index in [1.165, 1.54) is 12.1 Å². The molecular formula is C23H18BrFN2O2. The Balaban J connectivity index is 1.58. The fourth-order valence-corrected chi connectivity index (χ4v) is 4.24. The summed E-state index contributed by atoms with van der Waals surface area (Å²) in [6.07, 6.45) is 0.378. The van der Waals surface area contributed by atoms with Gasteiger partial charge in [0, 0.05) is 22.0 Å². The van der Waals surface area contributed by atoms with E-state index in [4.69, 9.17) is 14.6 Å². The maximum Gasteiger partial charge on any atom is 0.213 e. The monoisotopic (exact) mass is 452 g/mol. The maximum absolute atomic E-state index is 13.4. The SMILES string of the molecule is COc1ccc([C@@H]2Oc3ccc(Br)cc3[C@@H]3CC(c4ccc(F)cc4)=NN32)cc1. The molecule has 2 aliphatic rings. The Hall–Kier alpha value is -2.86. The molecule has 2 aliphatic heterocycles. The molecule has 0 aliphatic carbocycles. The molecule has 5 rings (SSSR count). The Morgan fingerprint density at radius 3 is 2.55 bits per heavy atom. The molecule has 0 spiro atoms. The van der Waals surface area contributed by atoms with Gasteiger partial charge in [0.1, 0.15) is 17.3 Å². The van der Waals surface area contributed by atoms with Crippen LogP contribution in [0.2, 0.25) is 0 Å². The highest BCUT2D eigenvalue weighted by atomic mass is 79.9. The zero-order valence-electron chi connectivity index (χ0n) is 15.7. The van der Waals surface area contributed by atoms with Crippen molar-refractivity contribution in [2.75, 3.05) is 7.11 Å². The van der Waals surface area contributed by atoms with Crippen molar-refractivity contribution in [3.63, 3.8) is 0 Å². The van der Waals surface area contributed by atoms with E-state index in [2.05, 4.69) is 22.0 Å². The number of hydrogen-bond donors (Lipinski definition) is 0. The first-order chi connectivity index (χ1) is 14.1. The van der Waals surface area contributed by atoms with Gasteiger partial charge in [-0.25, -0.2) is 9.40 Å². The molecule has 0 radical (unpaired) electrons. The van der Waals surface area contributed by atoms with E-state index < -0.39 is 0 Å². The number of halogens is 2. The van der Waals surface area contributed by atoms with Crippen LogP contribution in [0.3, 0.4) is 0 Å². The number of hydrazone groups is 1. The molecule has 146 valence electrons. The molecule has 0 N–H and O–H groups in total. The highest BCUT2D eigenvalue weighted by Gasteiger charge is 2.41. The van der Waals surface area contributed by atoms with Crippen LogP contribution in [-0.4, -0.2) is 17.8 Å². The highest BCUT2D eigenvalue weighted by Crippen LogP contribution is 2.48. The third-order valence-electron chi connectivity index (χ3n) is 5.33. The Morgan fingerprint density at radius 1 is 1.07 bits per heavy atom. The van der Waals surface area contributed by atoms with Crippen molar-refractivity contribution in [1.82, 2.24) is 5.01 Å². The molecule has 0 saturated carbocycles. The molecule has 29 heavy (non-hydrogen) atoms. The second-order valence-electron chi connectivity index (χ2n) is 7.08. The summed E-state index contributed by atoms with van der Waals surface area (Å²) in [5, 5.41) is 6.90. The van der Waals surface area contributed by atoms with Crippen molar-refractivity contribution in [3.8, 4) is 11.5 Å². The summed E-state index contributed by atoms with van der Waals surface area (Å²) in [7, 11) is 1.65. The summed E-state index contributed by atoms with van der Waals surface area (Å²) in [6, 6.07) is 20.4. The van der Waals surface area contributed by atoms with Crippen LogP contribution in [0.15, 0.2) is 76.3 Å². The summed E-state index contributed by atoms with van der Waals surface area (Å²) in [6.45, 7) is 0. The van der Waals surface area contributed by atoms with Crippen LogP contribution < -0.4 is 9.47 Å². The van der Waals surface area contributed by atoms with E-state index in [9.17, 15) is 4.39 Å². The molecule has 2 atom stereocenters. The smallest absolute Gasteiger partial charge is 0.213 e. The van der Waals surface area contributed by atoms with Gasteiger partial charge < -0.3 is 9.47 Å². The van der Waals surface area contributed by atoms with Crippen LogP contribution in [0.4, 0.5) is 4.39 Å². The van der Waals surface area contributed by atoms with Crippen LogP contribution in [0.5, 0.6) is 11.5 Å². The van der Waals surface area contributed by atoms with E-state index in [0.717, 1.165) is 44.8 Å². The van der Waals surface area contributed by atoms with Crippen LogP contribution in [0, 0.1) is 5.82 Å². The number of methoxy groups -OCH3 is 1. The van der Waals surface area contributed by atoms with Crippen molar-refractivity contribution in [2.45, 2.75) is 18.7 Å². The number of ether oxygens (including phenoxy) is 2. The number of nitrogens with zero attached hydrogens (tertiary/aromatic N) is 2. The predicted molar refractivity (Wildman–Crippen MR) is 113 cm³/mol. The Labute approximate surface area is 176 Å². The Kier molecular flexibility index (Phi) is 4.51. The number of fused-ring (bicyclic) bond motifs is 3. The molecule has 0 saturated heterocycles. The standard InChI is InChI=1S/C23H18BrFN2O2/c1-28-18-9-4-15(5-10-18)23-27-21(19-12-16(24)6-11-22(19)29-23)13-20(26-27)14-2-7-17(25)8-3-14/h2-12,21,23H,13H2,1H3/t21-,23-/m0/s1. The first kappa shape index (κ1) is 18.2. The quantitative estimate of drug-likeness (QED) is 0.500. The lowest BCUT2D eigenvalue weighted by molar-refractivity contribution is -0.0191. The lowest BCUT2D eigenvalue weighted by Crippen LogP contribution is -2.33. The highest BCUT2D eigenvalue weighted by molar-refractivity contribution is 9.10. The zero-order valence-corrected chi connectivity index (χ0v) is 17.3. The van der Waals surface area contributed by atoms with Gasteiger partial charge in [0.25, 0.3) is 0 Å². The summed E-state index contributed by atoms with van der Waals surface area (Å²) < 4.78 is 26.0. The average Bonchev–Trinajstić information content (AvgIpc) is 3.20. The Bertz CT molecular complexity index is 1080. The second-order valence-corrected chi connectivity index (χ2v) is 7.99. The molecule has 3 aromatic rings. The minimum absolute atomic E-state index is 0.0448. The number of hydrogen-bond acceptors (Lipinski definition) is 4. The normalized spacial score (nSPS) is 19.8. The van der Waals surface area contributed by atoms with Gasteiger partial charge in [0.15, 0.2) is 0 Å². The van der Waals surface area contributed by atoms with Gasteiger partial charge in [-0.15, -0.1) is 0 Å². The zero-order chi connectivity index (χ0) is 20.0. The fourth-order valence-electron chi connectivity index (χ4n) is 3.86. The van der Waals surface area contributed by atoms with Crippen LogP contribution >= 0.6 is 15.9 Å². The minimum atomic E-state index is -0.350. The lowest BCUT2D eigenvalue weighted by atomic mass is 9.96. The van der Waals surface area contributed by atoms with E-state index >= 15 is 0 Å². The Morgan fingerprint density at radius 2 is 1.83 bits per heavy atom. The van der Waals surface area contributed by atoms with Gasteiger partial charge in [0.05, 0.1) is 18.9 Å². The second kappa shape index (κ2) is 7.19. The average molecular weight is 453 g/mol. The van der Waals surface area contributed by atoms with Gasteiger partial charge >= 0.3 is 0 Å². The molecule has 0 bridgehead atoms. The van der Waals surface area contributed by atoms with Crippen molar-refractivity contribution < 1.29 is 13.9 Å². The summed E-state index contributed by atoms with van der Waals surface area (Å²) in [4.78, 5) is 0. The van der Waals surface area contributed by atoms with Crippen LogP contribution in [0.25, 0.3) is 0 Å².